The molecule has 0 aliphatic rings. The normalized spacial score (nSPS) is 13.1. The molecule has 29 heavy (non-hydrogen) atoms. The van der Waals surface area contributed by atoms with E-state index >= 15 is 0 Å². The Kier molecular flexibility index (Phi) is 8.06. The zero-order valence-corrected chi connectivity index (χ0v) is 18.1. The minimum Gasteiger partial charge on any atom is -0.485 e. The van der Waals surface area contributed by atoms with Crippen LogP contribution in [0.1, 0.15) is 23.7 Å². The standard InChI is InChI=1S/C24H28NO3P/c1-20-12-10-11-17-23(20)27-24(21-13-6-4-7-14-21)18-19-25(2)29(26-3)28-22-15-8-5-9-16-22/h4-17,24H,18-19H2,1-3H3. The number of benzene rings is 3. The number of nitrogens with zero attached hydrogens (tertiary/aromatic N) is 1. The summed E-state index contributed by atoms with van der Waals surface area (Å²) in [5, 5.41) is 0. The Labute approximate surface area is 175 Å². The van der Waals surface area contributed by atoms with Gasteiger partial charge in [-0.05, 0) is 43.3 Å². The van der Waals surface area contributed by atoms with Crippen LogP contribution in [0.3, 0.4) is 0 Å². The van der Waals surface area contributed by atoms with Crippen molar-refractivity contribution in [2.75, 3.05) is 20.7 Å². The Bertz CT molecular complexity index is 860. The van der Waals surface area contributed by atoms with Crippen molar-refractivity contribution >= 4 is 8.53 Å². The van der Waals surface area contributed by atoms with Crippen molar-refractivity contribution in [3.05, 3.63) is 96.1 Å². The monoisotopic (exact) mass is 409 g/mol. The molecule has 2 unspecified atom stereocenters. The van der Waals surface area contributed by atoms with Crippen LogP contribution in [0.5, 0.6) is 11.5 Å². The van der Waals surface area contributed by atoms with E-state index in [2.05, 4.69) is 29.8 Å². The molecule has 152 valence electrons. The van der Waals surface area contributed by atoms with Crippen molar-refractivity contribution in [2.45, 2.75) is 19.4 Å². The minimum atomic E-state index is -1.18. The van der Waals surface area contributed by atoms with Gasteiger partial charge in [0.25, 0.3) is 0 Å². The fraction of sp³-hybridized carbons (Fsp3) is 0.250. The molecule has 5 heteroatoms. The Morgan fingerprint density at radius 3 is 2.14 bits per heavy atom. The third-order valence-corrected chi connectivity index (χ3v) is 6.05. The van der Waals surface area contributed by atoms with Gasteiger partial charge in [-0.25, -0.2) is 4.67 Å². The maximum absolute atomic E-state index is 6.41. The van der Waals surface area contributed by atoms with Crippen LogP contribution in [-0.2, 0) is 4.52 Å². The van der Waals surface area contributed by atoms with Gasteiger partial charge in [-0.2, -0.15) is 0 Å². The highest BCUT2D eigenvalue weighted by molar-refractivity contribution is 7.44. The molecule has 2 atom stereocenters. The van der Waals surface area contributed by atoms with E-state index in [4.69, 9.17) is 13.8 Å². The first-order chi connectivity index (χ1) is 14.2. The van der Waals surface area contributed by atoms with Crippen molar-refractivity contribution < 1.29 is 13.8 Å². The van der Waals surface area contributed by atoms with Crippen LogP contribution < -0.4 is 9.26 Å². The van der Waals surface area contributed by atoms with Crippen LogP contribution in [0, 0.1) is 6.92 Å². The number of aryl methyl sites for hydroxylation is 1. The summed E-state index contributed by atoms with van der Waals surface area (Å²) in [6.07, 6.45) is 0.764. The van der Waals surface area contributed by atoms with Gasteiger partial charge in [0.2, 0.25) is 0 Å². The molecule has 0 saturated heterocycles. The van der Waals surface area contributed by atoms with Gasteiger partial charge in [0, 0.05) is 20.1 Å². The van der Waals surface area contributed by atoms with Crippen molar-refractivity contribution in [1.82, 2.24) is 4.67 Å². The van der Waals surface area contributed by atoms with E-state index in [1.54, 1.807) is 7.11 Å². The topological polar surface area (TPSA) is 30.9 Å². The second kappa shape index (κ2) is 11.0. The van der Waals surface area contributed by atoms with Crippen LogP contribution in [0.2, 0.25) is 0 Å². The summed E-state index contributed by atoms with van der Waals surface area (Å²) in [6, 6.07) is 28.3. The fourth-order valence-electron chi connectivity index (χ4n) is 3.01. The van der Waals surface area contributed by atoms with E-state index in [1.165, 1.54) is 0 Å². The maximum atomic E-state index is 6.41. The van der Waals surface area contributed by atoms with Gasteiger partial charge in [-0.3, -0.25) is 0 Å². The van der Waals surface area contributed by atoms with E-state index in [-0.39, 0.29) is 6.10 Å². The quantitative estimate of drug-likeness (QED) is 0.363. The Morgan fingerprint density at radius 1 is 0.862 bits per heavy atom. The molecule has 3 aromatic carbocycles. The van der Waals surface area contributed by atoms with Crippen molar-refractivity contribution in [3.63, 3.8) is 0 Å². The SMILES string of the molecule is COP(Oc1ccccc1)N(C)CCC(Oc1ccccc1C)c1ccccc1. The third kappa shape index (κ3) is 6.30. The molecule has 0 N–H and O–H groups in total. The highest BCUT2D eigenvalue weighted by atomic mass is 31.2. The molecule has 4 nitrogen and oxygen atoms in total. The lowest BCUT2D eigenvalue weighted by molar-refractivity contribution is 0.182. The molecule has 0 spiro atoms. The first-order valence-corrected chi connectivity index (χ1v) is 10.9. The molecular weight excluding hydrogens is 381 g/mol. The molecule has 0 aromatic heterocycles. The molecular formula is C24H28NO3P. The molecule has 0 saturated carbocycles. The predicted octanol–water partition coefficient (Wildman–Crippen LogP) is 6.39. The summed E-state index contributed by atoms with van der Waals surface area (Å²) >= 11 is 0. The second-order valence-corrected chi connectivity index (χ2v) is 8.48. The number of hydrogen-bond acceptors (Lipinski definition) is 4. The highest BCUT2D eigenvalue weighted by Crippen LogP contribution is 2.42. The van der Waals surface area contributed by atoms with Crippen molar-refractivity contribution in [3.8, 4) is 11.5 Å². The first kappa shape index (κ1) is 21.3. The average Bonchev–Trinajstić information content (AvgIpc) is 2.77. The molecule has 0 radical (unpaired) electrons. The van der Waals surface area contributed by atoms with Crippen LogP contribution >= 0.6 is 8.53 Å². The van der Waals surface area contributed by atoms with Crippen LogP contribution in [0.4, 0.5) is 0 Å². The lowest BCUT2D eigenvalue weighted by Crippen LogP contribution is -2.21. The largest absolute Gasteiger partial charge is 0.485 e. The number of ether oxygens (including phenoxy) is 1. The van der Waals surface area contributed by atoms with Gasteiger partial charge >= 0.3 is 8.53 Å². The average molecular weight is 409 g/mol. The molecule has 3 rings (SSSR count). The zero-order chi connectivity index (χ0) is 20.5. The lowest BCUT2D eigenvalue weighted by atomic mass is 10.1. The predicted molar refractivity (Wildman–Crippen MR) is 119 cm³/mol. The van der Waals surface area contributed by atoms with E-state index in [1.807, 2.05) is 73.8 Å². The van der Waals surface area contributed by atoms with Crippen LogP contribution in [0.25, 0.3) is 0 Å². The maximum Gasteiger partial charge on any atom is 0.320 e. The summed E-state index contributed by atoms with van der Waals surface area (Å²) in [6.45, 7) is 2.85. The summed E-state index contributed by atoms with van der Waals surface area (Å²) < 4.78 is 20.2. The molecule has 0 aliphatic heterocycles. The fourth-order valence-corrected chi connectivity index (χ4v) is 4.08. The molecule has 0 bridgehead atoms. The minimum absolute atomic E-state index is 0.0508. The Balaban J connectivity index is 1.68. The van der Waals surface area contributed by atoms with Gasteiger partial charge in [-0.1, -0.05) is 66.7 Å². The van der Waals surface area contributed by atoms with Gasteiger partial charge in [0.05, 0.1) is 0 Å². The summed E-state index contributed by atoms with van der Waals surface area (Å²) in [5.74, 6) is 1.72. The second-order valence-electron chi connectivity index (χ2n) is 6.78. The third-order valence-electron chi connectivity index (χ3n) is 4.61. The van der Waals surface area contributed by atoms with E-state index in [0.717, 1.165) is 35.6 Å². The Hall–Kier alpha value is -2.39. The van der Waals surface area contributed by atoms with Gasteiger partial charge < -0.3 is 13.8 Å². The summed E-state index contributed by atoms with van der Waals surface area (Å²) in [7, 11) is 2.52. The van der Waals surface area contributed by atoms with Gasteiger partial charge in [-0.15, -0.1) is 0 Å². The van der Waals surface area contributed by atoms with Crippen molar-refractivity contribution in [1.29, 1.82) is 0 Å². The van der Waals surface area contributed by atoms with Gasteiger partial charge in [0.15, 0.2) is 0 Å². The first-order valence-electron chi connectivity index (χ1n) is 9.73. The highest BCUT2D eigenvalue weighted by Gasteiger charge is 2.21. The van der Waals surface area contributed by atoms with E-state index in [0.29, 0.717) is 0 Å². The lowest BCUT2D eigenvalue weighted by Gasteiger charge is -2.27. The molecule has 0 amide bonds. The number of hydrogen-bond donors (Lipinski definition) is 0. The molecule has 3 aromatic rings. The number of para-hydroxylation sites is 2. The molecule has 0 aliphatic carbocycles. The van der Waals surface area contributed by atoms with E-state index < -0.39 is 8.53 Å². The summed E-state index contributed by atoms with van der Waals surface area (Å²) in [4.78, 5) is 0. The van der Waals surface area contributed by atoms with Crippen LogP contribution in [-0.4, -0.2) is 25.4 Å². The smallest absolute Gasteiger partial charge is 0.320 e. The molecule has 0 fully saturated rings. The van der Waals surface area contributed by atoms with Crippen LogP contribution in [0.15, 0.2) is 84.9 Å². The van der Waals surface area contributed by atoms with E-state index in [9.17, 15) is 0 Å². The molecule has 0 heterocycles. The van der Waals surface area contributed by atoms with Gasteiger partial charge in [0.1, 0.15) is 17.6 Å². The van der Waals surface area contributed by atoms with Crippen molar-refractivity contribution in [2.24, 2.45) is 0 Å². The summed E-state index contributed by atoms with van der Waals surface area (Å²) in [5.41, 5.74) is 2.29. The number of rotatable bonds is 10. The Morgan fingerprint density at radius 2 is 1.48 bits per heavy atom. The zero-order valence-electron chi connectivity index (χ0n) is 17.2.